The summed E-state index contributed by atoms with van der Waals surface area (Å²) in [5, 5.41) is 0.200. The molecule has 146 valence electrons. The fourth-order valence-electron chi connectivity index (χ4n) is 2.33. The van der Waals surface area contributed by atoms with Crippen molar-refractivity contribution in [2.24, 2.45) is 0 Å². The molecule has 3 rings (SSSR count). The molecular formula is C18H12Cl2FNO4S2. The van der Waals surface area contributed by atoms with Crippen LogP contribution in [0.4, 0.5) is 10.1 Å². The minimum absolute atomic E-state index is 0.0472. The summed E-state index contributed by atoms with van der Waals surface area (Å²) in [6.45, 7) is 0. The van der Waals surface area contributed by atoms with E-state index in [9.17, 15) is 21.2 Å². The Morgan fingerprint density at radius 1 is 0.750 bits per heavy atom. The van der Waals surface area contributed by atoms with Crippen molar-refractivity contribution in [3.05, 3.63) is 82.6 Å². The number of sulfonamides is 1. The van der Waals surface area contributed by atoms with E-state index in [4.69, 9.17) is 23.2 Å². The van der Waals surface area contributed by atoms with E-state index in [1.54, 1.807) is 0 Å². The van der Waals surface area contributed by atoms with Crippen molar-refractivity contribution in [3.63, 3.8) is 0 Å². The molecule has 0 aliphatic heterocycles. The van der Waals surface area contributed by atoms with Crippen molar-refractivity contribution in [3.8, 4) is 0 Å². The van der Waals surface area contributed by atoms with Crippen molar-refractivity contribution in [1.82, 2.24) is 0 Å². The van der Waals surface area contributed by atoms with Crippen LogP contribution in [0.2, 0.25) is 10.0 Å². The van der Waals surface area contributed by atoms with Gasteiger partial charge in [-0.25, -0.2) is 21.2 Å². The Balaban J connectivity index is 2.03. The third kappa shape index (κ3) is 4.30. The Morgan fingerprint density at radius 2 is 1.32 bits per heavy atom. The molecule has 0 heterocycles. The molecule has 0 bridgehead atoms. The minimum atomic E-state index is -4.22. The number of hydrogen-bond donors (Lipinski definition) is 1. The summed E-state index contributed by atoms with van der Waals surface area (Å²) >= 11 is 11.8. The lowest BCUT2D eigenvalue weighted by Crippen LogP contribution is -2.14. The SMILES string of the molecule is O=S(=O)(Nc1ccc(F)cc1)c1cc(S(=O)(=O)c2ccc(Cl)cc2)ccc1Cl. The van der Waals surface area contributed by atoms with Crippen molar-refractivity contribution in [1.29, 1.82) is 0 Å². The average molecular weight is 460 g/mol. The van der Waals surface area contributed by atoms with Gasteiger partial charge in [0.15, 0.2) is 0 Å². The zero-order chi connectivity index (χ0) is 20.5. The van der Waals surface area contributed by atoms with Crippen LogP contribution in [0.25, 0.3) is 0 Å². The molecule has 0 aromatic heterocycles. The molecule has 28 heavy (non-hydrogen) atoms. The first kappa shape index (κ1) is 20.6. The Kier molecular flexibility index (Phi) is 5.67. The normalized spacial score (nSPS) is 12.0. The van der Waals surface area contributed by atoms with Crippen molar-refractivity contribution in [2.75, 3.05) is 4.72 Å². The lowest BCUT2D eigenvalue weighted by Gasteiger charge is -2.12. The van der Waals surface area contributed by atoms with Gasteiger partial charge in [0, 0.05) is 10.7 Å². The maximum absolute atomic E-state index is 13.0. The van der Waals surface area contributed by atoms with Gasteiger partial charge in [-0.15, -0.1) is 0 Å². The van der Waals surface area contributed by atoms with Crippen molar-refractivity contribution in [2.45, 2.75) is 14.7 Å². The zero-order valence-electron chi connectivity index (χ0n) is 13.9. The molecule has 5 nitrogen and oxygen atoms in total. The number of rotatable bonds is 5. The van der Waals surface area contributed by atoms with Gasteiger partial charge in [0.2, 0.25) is 9.84 Å². The molecule has 0 aliphatic rings. The first-order chi connectivity index (χ1) is 13.1. The second-order valence-electron chi connectivity index (χ2n) is 5.66. The van der Waals surface area contributed by atoms with Crippen LogP contribution in [0.3, 0.4) is 0 Å². The van der Waals surface area contributed by atoms with Crippen molar-refractivity contribution >= 4 is 48.7 Å². The number of hydrogen-bond acceptors (Lipinski definition) is 4. The standard InChI is InChI=1S/C18H12Cl2FNO4S2/c19-12-1-7-15(8-2-12)27(23,24)16-9-10-17(20)18(11-16)28(25,26)22-14-5-3-13(21)4-6-14/h1-11,22H. The second kappa shape index (κ2) is 7.71. The van der Waals surface area contributed by atoms with E-state index >= 15 is 0 Å². The van der Waals surface area contributed by atoms with E-state index in [2.05, 4.69) is 4.72 Å². The molecule has 0 aliphatic carbocycles. The molecule has 0 radical (unpaired) electrons. The van der Waals surface area contributed by atoms with Crippen LogP contribution in [-0.4, -0.2) is 16.8 Å². The van der Waals surface area contributed by atoms with Crippen LogP contribution in [0.5, 0.6) is 0 Å². The summed E-state index contributed by atoms with van der Waals surface area (Å²) in [4.78, 5) is -0.721. The number of anilines is 1. The van der Waals surface area contributed by atoms with Crippen LogP contribution in [0.15, 0.2) is 81.4 Å². The topological polar surface area (TPSA) is 80.3 Å². The largest absolute Gasteiger partial charge is 0.280 e. The summed E-state index contributed by atoms with van der Waals surface area (Å²) < 4.78 is 66.1. The highest BCUT2D eigenvalue weighted by Gasteiger charge is 2.24. The van der Waals surface area contributed by atoms with Gasteiger partial charge < -0.3 is 0 Å². The van der Waals surface area contributed by atoms with Crippen LogP contribution in [-0.2, 0) is 19.9 Å². The Hall–Kier alpha value is -2.13. The molecule has 10 heteroatoms. The Morgan fingerprint density at radius 3 is 1.93 bits per heavy atom. The summed E-state index contributed by atoms with van der Waals surface area (Å²) in [5.41, 5.74) is 0.100. The van der Waals surface area contributed by atoms with Crippen LogP contribution < -0.4 is 4.72 Å². The minimum Gasteiger partial charge on any atom is -0.280 e. The van der Waals surface area contributed by atoms with Crippen LogP contribution in [0.1, 0.15) is 0 Å². The molecule has 0 saturated carbocycles. The second-order valence-corrected chi connectivity index (χ2v) is 10.1. The molecule has 0 unspecified atom stereocenters. The number of sulfone groups is 1. The monoisotopic (exact) mass is 459 g/mol. The first-order valence-electron chi connectivity index (χ1n) is 7.68. The number of halogens is 3. The molecule has 0 saturated heterocycles. The maximum Gasteiger partial charge on any atom is 0.263 e. The molecule has 0 amide bonds. The average Bonchev–Trinajstić information content (AvgIpc) is 2.64. The third-order valence-corrected chi connectivity index (χ3v) is 7.61. The molecular weight excluding hydrogens is 448 g/mol. The van der Waals surface area contributed by atoms with E-state index in [0.717, 1.165) is 18.2 Å². The molecule has 0 atom stereocenters. The molecule has 0 fully saturated rings. The van der Waals surface area contributed by atoms with Gasteiger partial charge in [0.1, 0.15) is 10.7 Å². The highest BCUT2D eigenvalue weighted by atomic mass is 35.5. The van der Waals surface area contributed by atoms with Crippen LogP contribution in [0, 0.1) is 5.82 Å². The van der Waals surface area contributed by atoms with Gasteiger partial charge in [-0.1, -0.05) is 23.2 Å². The highest BCUT2D eigenvalue weighted by Crippen LogP contribution is 2.30. The summed E-state index contributed by atoms with van der Waals surface area (Å²) in [7, 11) is -8.21. The fourth-order valence-corrected chi connectivity index (χ4v) is 5.41. The fraction of sp³-hybridized carbons (Fsp3) is 0. The Bertz CT molecular complexity index is 1230. The highest BCUT2D eigenvalue weighted by molar-refractivity contribution is 7.93. The van der Waals surface area contributed by atoms with Gasteiger partial charge >= 0.3 is 0 Å². The predicted octanol–water partition coefficient (Wildman–Crippen LogP) is 4.77. The van der Waals surface area contributed by atoms with E-state index in [-0.39, 0.29) is 20.5 Å². The van der Waals surface area contributed by atoms with Gasteiger partial charge in [-0.2, -0.15) is 0 Å². The van der Waals surface area contributed by atoms with E-state index in [0.29, 0.717) is 5.02 Å². The van der Waals surface area contributed by atoms with Crippen molar-refractivity contribution < 1.29 is 21.2 Å². The Labute approximate surface area is 171 Å². The molecule has 3 aromatic carbocycles. The molecule has 0 spiro atoms. The van der Waals surface area contributed by atoms with Gasteiger partial charge in [-0.05, 0) is 66.7 Å². The van der Waals surface area contributed by atoms with E-state index in [1.165, 1.54) is 48.5 Å². The third-order valence-electron chi connectivity index (χ3n) is 3.72. The first-order valence-corrected chi connectivity index (χ1v) is 11.4. The van der Waals surface area contributed by atoms with Crippen LogP contribution >= 0.6 is 23.2 Å². The zero-order valence-corrected chi connectivity index (χ0v) is 17.1. The summed E-state index contributed by atoms with van der Waals surface area (Å²) in [6.07, 6.45) is 0. The quantitative estimate of drug-likeness (QED) is 0.595. The van der Waals surface area contributed by atoms with E-state index < -0.39 is 30.6 Å². The smallest absolute Gasteiger partial charge is 0.263 e. The molecule has 3 aromatic rings. The van der Waals surface area contributed by atoms with Gasteiger partial charge in [-0.3, -0.25) is 4.72 Å². The van der Waals surface area contributed by atoms with Gasteiger partial charge in [0.05, 0.1) is 14.8 Å². The molecule has 1 N–H and O–H groups in total. The summed E-state index contributed by atoms with van der Waals surface area (Å²) in [6, 6.07) is 13.5. The predicted molar refractivity (Wildman–Crippen MR) is 106 cm³/mol. The van der Waals surface area contributed by atoms with E-state index in [1.807, 2.05) is 0 Å². The lowest BCUT2D eigenvalue weighted by molar-refractivity contribution is 0.595. The lowest BCUT2D eigenvalue weighted by atomic mass is 10.3. The maximum atomic E-state index is 13.0. The number of benzene rings is 3. The van der Waals surface area contributed by atoms with Gasteiger partial charge in [0.25, 0.3) is 10.0 Å². The number of nitrogens with one attached hydrogen (secondary N) is 1. The summed E-state index contributed by atoms with van der Waals surface area (Å²) in [5.74, 6) is -0.531.